The van der Waals surface area contributed by atoms with Crippen LogP contribution in [0.5, 0.6) is 0 Å². The van der Waals surface area contributed by atoms with Gasteiger partial charge in [-0.3, -0.25) is 0 Å². The molecule has 1 aromatic carbocycles. The molecule has 4 heteroatoms. The van der Waals surface area contributed by atoms with E-state index in [-0.39, 0.29) is 5.92 Å². The van der Waals surface area contributed by atoms with Gasteiger partial charge >= 0.3 is 0 Å². The second-order valence-corrected chi connectivity index (χ2v) is 5.02. The fraction of sp³-hybridized carbons (Fsp3) is 0.357. The molecule has 0 aliphatic heterocycles. The van der Waals surface area contributed by atoms with Crippen LogP contribution < -0.4 is 11.6 Å². The summed E-state index contributed by atoms with van der Waals surface area (Å²) in [6.45, 7) is 2.12. The van der Waals surface area contributed by atoms with Crippen molar-refractivity contribution >= 4 is 5.82 Å². The van der Waals surface area contributed by atoms with Gasteiger partial charge in [0.1, 0.15) is 11.6 Å². The highest BCUT2D eigenvalue weighted by Gasteiger charge is 2.31. The molecule has 1 atom stereocenters. The maximum Gasteiger partial charge on any atom is 0.146 e. The number of benzene rings is 1. The van der Waals surface area contributed by atoms with Gasteiger partial charge in [-0.1, -0.05) is 37.3 Å². The number of nitrogens with zero attached hydrogens (tertiary/aromatic N) is 2. The molecule has 1 aliphatic carbocycles. The monoisotopic (exact) mass is 242 g/mol. The maximum absolute atomic E-state index is 6.08. The lowest BCUT2D eigenvalue weighted by molar-refractivity contribution is 0.841. The number of imidazole rings is 1. The third kappa shape index (κ3) is 1.74. The van der Waals surface area contributed by atoms with E-state index in [4.69, 9.17) is 11.6 Å². The van der Waals surface area contributed by atoms with E-state index >= 15 is 0 Å². The van der Waals surface area contributed by atoms with E-state index in [1.807, 2.05) is 18.2 Å². The fourth-order valence-corrected chi connectivity index (χ4v) is 2.33. The predicted molar refractivity (Wildman–Crippen MR) is 72.7 cm³/mol. The molecule has 0 amide bonds. The van der Waals surface area contributed by atoms with Crippen molar-refractivity contribution in [2.24, 2.45) is 0 Å². The summed E-state index contributed by atoms with van der Waals surface area (Å²) in [7, 11) is 0. The summed E-state index contributed by atoms with van der Waals surface area (Å²) in [5, 5.41) is 0. The standard InChI is InChI=1S/C14H18N4/c1-9(10-5-3-2-4-6-10)12-13(15)18(16)14(17-12)11-7-8-11/h2-6,9,11H,7-8,15-16H2,1H3. The summed E-state index contributed by atoms with van der Waals surface area (Å²) < 4.78 is 1.56. The van der Waals surface area contributed by atoms with Crippen LogP contribution in [0.1, 0.15) is 48.7 Å². The molecule has 0 radical (unpaired) electrons. The van der Waals surface area contributed by atoms with Crippen LogP contribution in [-0.4, -0.2) is 9.66 Å². The molecule has 3 rings (SSSR count). The minimum Gasteiger partial charge on any atom is -0.382 e. The summed E-state index contributed by atoms with van der Waals surface area (Å²) in [4.78, 5) is 4.66. The molecule has 18 heavy (non-hydrogen) atoms. The lowest BCUT2D eigenvalue weighted by Crippen LogP contribution is -2.15. The largest absolute Gasteiger partial charge is 0.382 e. The van der Waals surface area contributed by atoms with Gasteiger partial charge in [-0.25, -0.2) is 9.66 Å². The van der Waals surface area contributed by atoms with Gasteiger partial charge in [0.05, 0.1) is 5.69 Å². The van der Waals surface area contributed by atoms with Crippen molar-refractivity contribution in [2.45, 2.75) is 31.6 Å². The molecular formula is C14H18N4. The summed E-state index contributed by atoms with van der Waals surface area (Å²) in [5.41, 5.74) is 8.19. The summed E-state index contributed by atoms with van der Waals surface area (Å²) in [6, 6.07) is 10.3. The second kappa shape index (κ2) is 4.05. The second-order valence-electron chi connectivity index (χ2n) is 5.02. The Morgan fingerprint density at radius 2 is 1.94 bits per heavy atom. The Labute approximate surface area is 107 Å². The summed E-state index contributed by atoms with van der Waals surface area (Å²) in [5.74, 6) is 8.20. The number of hydrogen-bond acceptors (Lipinski definition) is 3. The van der Waals surface area contributed by atoms with Crippen molar-refractivity contribution in [1.29, 1.82) is 0 Å². The van der Waals surface area contributed by atoms with Gasteiger partial charge in [0, 0.05) is 11.8 Å². The predicted octanol–water partition coefficient (Wildman–Crippen LogP) is 2.21. The topological polar surface area (TPSA) is 69.9 Å². The third-order valence-corrected chi connectivity index (χ3v) is 3.66. The van der Waals surface area contributed by atoms with E-state index in [0.717, 1.165) is 11.5 Å². The SMILES string of the molecule is CC(c1ccccc1)c1nc(C2CC2)n(N)c1N. The zero-order chi connectivity index (χ0) is 12.7. The minimum absolute atomic E-state index is 0.175. The number of nitrogens with two attached hydrogens (primary N) is 2. The third-order valence-electron chi connectivity index (χ3n) is 3.66. The van der Waals surface area contributed by atoms with Gasteiger partial charge in [0.15, 0.2) is 0 Å². The van der Waals surface area contributed by atoms with Crippen LogP contribution in [0.3, 0.4) is 0 Å². The van der Waals surface area contributed by atoms with Crippen molar-refractivity contribution in [3.05, 3.63) is 47.4 Å². The van der Waals surface area contributed by atoms with Gasteiger partial charge in [0.2, 0.25) is 0 Å². The van der Waals surface area contributed by atoms with Gasteiger partial charge in [-0.2, -0.15) is 0 Å². The Hall–Kier alpha value is -1.97. The number of hydrogen-bond donors (Lipinski definition) is 2. The van der Waals surface area contributed by atoms with Crippen molar-refractivity contribution in [1.82, 2.24) is 9.66 Å². The van der Waals surface area contributed by atoms with Gasteiger partial charge in [0.25, 0.3) is 0 Å². The number of anilines is 1. The van der Waals surface area contributed by atoms with E-state index in [1.165, 1.54) is 18.4 Å². The molecule has 2 aromatic rings. The van der Waals surface area contributed by atoms with Gasteiger partial charge in [-0.05, 0) is 18.4 Å². The quantitative estimate of drug-likeness (QED) is 0.811. The molecule has 4 N–H and O–H groups in total. The van der Waals surface area contributed by atoms with Gasteiger partial charge in [-0.15, -0.1) is 0 Å². The molecule has 1 heterocycles. The Bertz CT molecular complexity index is 555. The molecule has 4 nitrogen and oxygen atoms in total. The molecule has 1 aromatic heterocycles. The van der Waals surface area contributed by atoms with Crippen molar-refractivity contribution < 1.29 is 0 Å². The molecule has 94 valence electrons. The Morgan fingerprint density at radius 1 is 1.28 bits per heavy atom. The highest BCUT2D eigenvalue weighted by molar-refractivity contribution is 5.45. The zero-order valence-corrected chi connectivity index (χ0v) is 10.5. The summed E-state index contributed by atoms with van der Waals surface area (Å²) in [6.07, 6.45) is 2.35. The van der Waals surface area contributed by atoms with Crippen LogP contribution >= 0.6 is 0 Å². The molecule has 1 unspecified atom stereocenters. The molecule has 0 spiro atoms. The van der Waals surface area contributed by atoms with E-state index in [1.54, 1.807) is 4.68 Å². The van der Waals surface area contributed by atoms with Crippen LogP contribution in [0.2, 0.25) is 0 Å². The first-order valence-corrected chi connectivity index (χ1v) is 6.36. The van der Waals surface area contributed by atoms with E-state index < -0.39 is 0 Å². The maximum atomic E-state index is 6.08. The molecule has 1 aliphatic rings. The number of aromatic nitrogens is 2. The van der Waals surface area contributed by atoms with Crippen LogP contribution in [0, 0.1) is 0 Å². The molecule has 0 bridgehead atoms. The van der Waals surface area contributed by atoms with Crippen LogP contribution in [0.4, 0.5) is 5.82 Å². The van der Waals surface area contributed by atoms with Crippen molar-refractivity contribution in [2.75, 3.05) is 11.6 Å². The number of rotatable bonds is 3. The van der Waals surface area contributed by atoms with Crippen molar-refractivity contribution in [3.63, 3.8) is 0 Å². The lowest BCUT2D eigenvalue weighted by Gasteiger charge is -2.10. The van der Waals surface area contributed by atoms with Crippen molar-refractivity contribution in [3.8, 4) is 0 Å². The van der Waals surface area contributed by atoms with E-state index in [2.05, 4.69) is 24.0 Å². The highest BCUT2D eigenvalue weighted by atomic mass is 15.4. The normalized spacial score (nSPS) is 16.7. The zero-order valence-electron chi connectivity index (χ0n) is 10.5. The fourth-order valence-electron chi connectivity index (χ4n) is 2.33. The van der Waals surface area contributed by atoms with Crippen LogP contribution in [0.25, 0.3) is 0 Å². The Morgan fingerprint density at radius 3 is 2.56 bits per heavy atom. The Kier molecular flexibility index (Phi) is 2.51. The lowest BCUT2D eigenvalue weighted by atomic mass is 9.98. The average molecular weight is 242 g/mol. The van der Waals surface area contributed by atoms with E-state index in [0.29, 0.717) is 11.7 Å². The van der Waals surface area contributed by atoms with Crippen LogP contribution in [-0.2, 0) is 0 Å². The first-order chi connectivity index (χ1) is 8.68. The number of nitrogen functional groups attached to an aromatic ring is 2. The molecule has 1 saturated carbocycles. The minimum atomic E-state index is 0.175. The molecular weight excluding hydrogens is 224 g/mol. The highest BCUT2D eigenvalue weighted by Crippen LogP contribution is 2.41. The average Bonchev–Trinajstić information content (AvgIpc) is 3.19. The first-order valence-electron chi connectivity index (χ1n) is 6.36. The van der Waals surface area contributed by atoms with Gasteiger partial charge < -0.3 is 11.6 Å². The first kappa shape index (κ1) is 11.1. The van der Waals surface area contributed by atoms with Crippen LogP contribution in [0.15, 0.2) is 30.3 Å². The molecule has 0 saturated heterocycles. The van der Waals surface area contributed by atoms with E-state index in [9.17, 15) is 0 Å². The molecule has 1 fully saturated rings. The Balaban J connectivity index is 1.99. The smallest absolute Gasteiger partial charge is 0.146 e. The summed E-state index contributed by atoms with van der Waals surface area (Å²) >= 11 is 0.